The molecule has 0 fully saturated rings. The van der Waals surface area contributed by atoms with Crippen LogP contribution in [0.4, 0.5) is 13.2 Å². The molecular weight excluding hydrogens is 363 g/mol. The summed E-state index contributed by atoms with van der Waals surface area (Å²) < 4.78 is 37.9. The molecule has 0 saturated heterocycles. The first-order valence-corrected chi connectivity index (χ1v) is 9.17. The maximum Gasteiger partial charge on any atom is 0.451 e. The fourth-order valence-corrected chi connectivity index (χ4v) is 3.20. The van der Waals surface area contributed by atoms with Crippen molar-refractivity contribution in [3.05, 3.63) is 65.9 Å². The third-order valence-electron chi connectivity index (χ3n) is 4.63. The van der Waals surface area contributed by atoms with Gasteiger partial charge in [-0.05, 0) is 34.6 Å². The first-order valence-electron chi connectivity index (χ1n) is 9.17. The number of hydrogen-bond donors (Lipinski definition) is 0. The Balaban J connectivity index is 2.00. The van der Waals surface area contributed by atoms with E-state index in [2.05, 4.69) is 60.8 Å². The zero-order valence-electron chi connectivity index (χ0n) is 16.2. The summed E-state index contributed by atoms with van der Waals surface area (Å²) in [6, 6.07) is 10.1. The smallest absolute Gasteiger partial charge is 0.255 e. The van der Waals surface area contributed by atoms with Crippen LogP contribution in [0.1, 0.15) is 56.5 Å². The molecule has 0 radical (unpaired) electrons. The minimum absolute atomic E-state index is 0.358. The highest BCUT2D eigenvalue weighted by Gasteiger charge is 2.34. The largest absolute Gasteiger partial charge is 0.451 e. The summed E-state index contributed by atoms with van der Waals surface area (Å²) in [7, 11) is 0. The molecule has 2 heterocycles. The molecule has 28 heavy (non-hydrogen) atoms. The van der Waals surface area contributed by atoms with E-state index in [0.717, 1.165) is 18.0 Å². The van der Waals surface area contributed by atoms with Crippen LogP contribution in [0, 0.1) is 0 Å². The normalized spacial score (nSPS) is 12.0. The van der Waals surface area contributed by atoms with Crippen LogP contribution in [0.5, 0.6) is 0 Å². The van der Waals surface area contributed by atoms with E-state index in [4.69, 9.17) is 0 Å². The van der Waals surface area contributed by atoms with Crippen LogP contribution in [0.2, 0.25) is 0 Å². The Labute approximate surface area is 162 Å². The molecule has 6 heteroatoms. The van der Waals surface area contributed by atoms with Crippen molar-refractivity contribution in [3.8, 4) is 22.4 Å². The predicted octanol–water partition coefficient (Wildman–Crippen LogP) is 6.47. The molecule has 0 spiro atoms. The number of aromatic nitrogens is 3. The Morgan fingerprint density at radius 3 is 1.68 bits per heavy atom. The van der Waals surface area contributed by atoms with Crippen LogP contribution in [-0.2, 0) is 6.18 Å². The van der Waals surface area contributed by atoms with Gasteiger partial charge in [0.1, 0.15) is 0 Å². The van der Waals surface area contributed by atoms with Crippen LogP contribution in [0.3, 0.4) is 0 Å². The summed E-state index contributed by atoms with van der Waals surface area (Å²) in [5.41, 5.74) is 5.64. The molecule has 0 atom stereocenters. The molecule has 0 aliphatic carbocycles. The van der Waals surface area contributed by atoms with Gasteiger partial charge in [-0.3, -0.25) is 4.98 Å². The van der Waals surface area contributed by atoms with Gasteiger partial charge in [0.25, 0.3) is 0 Å². The minimum atomic E-state index is -4.55. The molecule has 0 saturated carbocycles. The van der Waals surface area contributed by atoms with E-state index in [1.807, 2.05) is 6.07 Å². The number of rotatable bonds is 4. The quantitative estimate of drug-likeness (QED) is 0.516. The van der Waals surface area contributed by atoms with Gasteiger partial charge in [0.15, 0.2) is 0 Å². The lowest BCUT2D eigenvalue weighted by Gasteiger charge is -2.20. The van der Waals surface area contributed by atoms with E-state index in [0.29, 0.717) is 23.1 Å². The molecule has 3 nitrogen and oxygen atoms in total. The SMILES string of the molecule is CC(C)c1cccc(C(C)C)c1-c1ccc(-c2cnc(C(F)(F)F)nc2)nc1. The van der Waals surface area contributed by atoms with Crippen molar-refractivity contribution in [1.82, 2.24) is 15.0 Å². The molecule has 3 aromatic rings. The molecule has 0 aliphatic rings. The average Bonchev–Trinajstić information content (AvgIpc) is 2.67. The number of benzene rings is 1. The highest BCUT2D eigenvalue weighted by atomic mass is 19.4. The Morgan fingerprint density at radius 2 is 1.25 bits per heavy atom. The first kappa shape index (κ1) is 20.0. The number of nitrogens with zero attached hydrogens (tertiary/aromatic N) is 3. The van der Waals surface area contributed by atoms with Crippen molar-refractivity contribution in [1.29, 1.82) is 0 Å². The van der Waals surface area contributed by atoms with E-state index >= 15 is 0 Å². The zero-order valence-corrected chi connectivity index (χ0v) is 16.2. The lowest BCUT2D eigenvalue weighted by Crippen LogP contribution is -2.10. The van der Waals surface area contributed by atoms with Crippen molar-refractivity contribution in [2.45, 2.75) is 45.7 Å². The zero-order chi connectivity index (χ0) is 20.5. The van der Waals surface area contributed by atoms with Gasteiger partial charge in [0.2, 0.25) is 5.82 Å². The van der Waals surface area contributed by atoms with E-state index in [-0.39, 0.29) is 0 Å². The van der Waals surface area contributed by atoms with E-state index < -0.39 is 12.0 Å². The van der Waals surface area contributed by atoms with Crippen molar-refractivity contribution >= 4 is 0 Å². The monoisotopic (exact) mass is 385 g/mol. The third kappa shape index (κ3) is 4.06. The summed E-state index contributed by atoms with van der Waals surface area (Å²) in [5.74, 6) is -0.436. The summed E-state index contributed by atoms with van der Waals surface area (Å²) >= 11 is 0. The maximum absolute atomic E-state index is 12.6. The molecule has 146 valence electrons. The fraction of sp³-hybridized carbons (Fsp3) is 0.318. The van der Waals surface area contributed by atoms with Gasteiger partial charge in [-0.2, -0.15) is 13.2 Å². The maximum atomic E-state index is 12.6. The Morgan fingerprint density at radius 1 is 0.714 bits per heavy atom. The lowest BCUT2D eigenvalue weighted by molar-refractivity contribution is -0.144. The molecule has 2 aromatic heterocycles. The highest BCUT2D eigenvalue weighted by molar-refractivity contribution is 5.73. The summed E-state index contributed by atoms with van der Waals surface area (Å²) in [6.07, 6.45) is -0.484. The molecule has 0 amide bonds. The predicted molar refractivity (Wildman–Crippen MR) is 104 cm³/mol. The van der Waals surface area contributed by atoms with Crippen LogP contribution in [0.25, 0.3) is 22.4 Å². The van der Waals surface area contributed by atoms with Crippen LogP contribution < -0.4 is 0 Å². The minimum Gasteiger partial charge on any atom is -0.255 e. The molecule has 0 bridgehead atoms. The van der Waals surface area contributed by atoms with Gasteiger partial charge in [-0.25, -0.2) is 9.97 Å². The van der Waals surface area contributed by atoms with Crippen molar-refractivity contribution in [2.24, 2.45) is 0 Å². The van der Waals surface area contributed by atoms with Crippen LogP contribution >= 0.6 is 0 Å². The summed E-state index contributed by atoms with van der Waals surface area (Å²) in [4.78, 5) is 11.3. The van der Waals surface area contributed by atoms with Gasteiger partial charge < -0.3 is 0 Å². The highest BCUT2D eigenvalue weighted by Crippen LogP contribution is 2.36. The van der Waals surface area contributed by atoms with Gasteiger partial charge in [-0.1, -0.05) is 52.0 Å². The van der Waals surface area contributed by atoms with Crippen molar-refractivity contribution in [2.75, 3.05) is 0 Å². The average molecular weight is 385 g/mol. The second-order valence-electron chi connectivity index (χ2n) is 7.35. The number of alkyl halides is 3. The van der Waals surface area contributed by atoms with Crippen molar-refractivity contribution < 1.29 is 13.2 Å². The Hall–Kier alpha value is -2.76. The third-order valence-corrected chi connectivity index (χ3v) is 4.63. The summed E-state index contributed by atoms with van der Waals surface area (Å²) in [5, 5.41) is 0. The van der Waals surface area contributed by atoms with Gasteiger partial charge in [0.05, 0.1) is 5.69 Å². The Bertz CT molecular complexity index is 918. The van der Waals surface area contributed by atoms with Gasteiger partial charge >= 0.3 is 6.18 Å². The first-order chi connectivity index (χ1) is 13.2. The second-order valence-corrected chi connectivity index (χ2v) is 7.35. The fourth-order valence-electron chi connectivity index (χ4n) is 3.20. The summed E-state index contributed by atoms with van der Waals surface area (Å²) in [6.45, 7) is 8.63. The molecule has 3 rings (SSSR count). The Kier molecular flexibility index (Phi) is 5.49. The second kappa shape index (κ2) is 7.70. The van der Waals surface area contributed by atoms with E-state index in [1.54, 1.807) is 12.3 Å². The standard InChI is InChI=1S/C22H22F3N3/c1-13(2)17-6-5-7-18(14(3)4)20(17)15-8-9-19(26-10-15)16-11-27-21(28-12-16)22(23,24)25/h5-14H,1-4H3. The lowest BCUT2D eigenvalue weighted by atomic mass is 9.85. The number of hydrogen-bond acceptors (Lipinski definition) is 3. The van der Waals surface area contributed by atoms with Crippen molar-refractivity contribution in [3.63, 3.8) is 0 Å². The number of pyridine rings is 1. The molecule has 0 unspecified atom stereocenters. The van der Waals surface area contributed by atoms with Gasteiger partial charge in [-0.15, -0.1) is 0 Å². The van der Waals surface area contributed by atoms with Crippen LogP contribution in [-0.4, -0.2) is 15.0 Å². The molecule has 0 aliphatic heterocycles. The topological polar surface area (TPSA) is 38.7 Å². The van der Waals surface area contributed by atoms with E-state index in [1.165, 1.54) is 16.7 Å². The molecule has 1 aromatic carbocycles. The molecule has 0 N–H and O–H groups in total. The van der Waals surface area contributed by atoms with Crippen LogP contribution in [0.15, 0.2) is 48.9 Å². The van der Waals surface area contributed by atoms with E-state index in [9.17, 15) is 13.2 Å². The van der Waals surface area contributed by atoms with Gasteiger partial charge in [0, 0.05) is 29.7 Å². The molecular formula is C22H22F3N3. The number of halogens is 3.